The molecule has 1 aromatic carbocycles. The predicted molar refractivity (Wildman–Crippen MR) is 109 cm³/mol. The van der Waals surface area contributed by atoms with Crippen molar-refractivity contribution in [1.29, 1.82) is 0 Å². The highest BCUT2D eigenvalue weighted by molar-refractivity contribution is 5.94. The highest BCUT2D eigenvalue weighted by Crippen LogP contribution is 2.28. The smallest absolute Gasteiger partial charge is 0.253 e. The second-order valence-electron chi connectivity index (χ2n) is 6.99. The lowest BCUT2D eigenvalue weighted by Gasteiger charge is -2.32. The number of hydrogen-bond donors (Lipinski definition) is 1. The van der Waals surface area contributed by atoms with E-state index < -0.39 is 0 Å². The summed E-state index contributed by atoms with van der Waals surface area (Å²) in [6.07, 6.45) is 3.56. The lowest BCUT2D eigenvalue weighted by Crippen LogP contribution is -2.38. The molecule has 0 aliphatic carbocycles. The lowest BCUT2D eigenvalue weighted by atomic mass is 9.95. The van der Waals surface area contributed by atoms with Gasteiger partial charge in [0, 0.05) is 37.7 Å². The van der Waals surface area contributed by atoms with Crippen LogP contribution in [-0.4, -0.2) is 51.8 Å². The fourth-order valence-electron chi connectivity index (χ4n) is 3.79. The van der Waals surface area contributed by atoms with E-state index >= 15 is 0 Å². The largest absolute Gasteiger partial charge is 0.490 e. The second kappa shape index (κ2) is 9.21. The zero-order valence-electron chi connectivity index (χ0n) is 15.8. The van der Waals surface area contributed by atoms with Gasteiger partial charge >= 0.3 is 0 Å². The lowest BCUT2D eigenvalue weighted by molar-refractivity contribution is 0.0710. The number of fused-ring (bicyclic) bond motifs is 1. The van der Waals surface area contributed by atoms with E-state index in [2.05, 4.69) is 26.7 Å². The summed E-state index contributed by atoms with van der Waals surface area (Å²) in [6.45, 7) is 8.27. The van der Waals surface area contributed by atoms with Crippen LogP contribution in [0.4, 0.5) is 0 Å². The van der Waals surface area contributed by atoms with Crippen molar-refractivity contribution >= 4 is 18.3 Å². The number of benzene rings is 1. The van der Waals surface area contributed by atoms with Crippen molar-refractivity contribution in [2.45, 2.75) is 31.8 Å². The molecule has 0 saturated carbocycles. The summed E-state index contributed by atoms with van der Waals surface area (Å²) < 4.78 is 7.72. The van der Waals surface area contributed by atoms with Gasteiger partial charge in [-0.25, -0.2) is 0 Å². The van der Waals surface area contributed by atoms with Crippen LogP contribution in [0.3, 0.4) is 0 Å². The summed E-state index contributed by atoms with van der Waals surface area (Å²) in [4.78, 5) is 14.7. The molecule has 0 unspecified atom stereocenters. The molecule has 2 aliphatic rings. The van der Waals surface area contributed by atoms with E-state index in [0.717, 1.165) is 63.0 Å². The van der Waals surface area contributed by atoms with E-state index in [1.165, 1.54) is 0 Å². The highest BCUT2D eigenvalue weighted by Gasteiger charge is 2.29. The van der Waals surface area contributed by atoms with Gasteiger partial charge in [0.2, 0.25) is 0 Å². The summed E-state index contributed by atoms with van der Waals surface area (Å²) in [5, 5.41) is 12.1. The van der Waals surface area contributed by atoms with Crippen LogP contribution in [0, 0.1) is 0 Å². The molecule has 1 aromatic heterocycles. The molecule has 2 aliphatic heterocycles. The van der Waals surface area contributed by atoms with Crippen LogP contribution in [0.5, 0.6) is 5.75 Å². The van der Waals surface area contributed by atoms with Crippen molar-refractivity contribution in [3.8, 4) is 5.75 Å². The van der Waals surface area contributed by atoms with Crippen molar-refractivity contribution in [3.05, 3.63) is 54.1 Å². The summed E-state index contributed by atoms with van der Waals surface area (Å²) in [5.41, 5.74) is 0.699. The number of aromatic nitrogens is 3. The number of carbonyl (C=O) groups is 1. The molecule has 1 amide bonds. The number of likely N-dealkylation sites (tertiary alicyclic amines) is 1. The van der Waals surface area contributed by atoms with Crippen LogP contribution in [0.15, 0.2) is 36.9 Å². The molecule has 1 saturated heterocycles. The maximum Gasteiger partial charge on any atom is 0.253 e. The minimum absolute atomic E-state index is 0. The molecule has 1 fully saturated rings. The average molecular weight is 404 g/mol. The van der Waals surface area contributed by atoms with Gasteiger partial charge in [0.25, 0.3) is 5.91 Å². The van der Waals surface area contributed by atoms with Crippen LogP contribution in [0.1, 0.15) is 40.8 Å². The second-order valence-corrected chi connectivity index (χ2v) is 6.99. The van der Waals surface area contributed by atoms with Gasteiger partial charge in [-0.05, 0) is 37.1 Å². The van der Waals surface area contributed by atoms with Crippen molar-refractivity contribution in [1.82, 2.24) is 25.0 Å². The number of hydrogen-bond acceptors (Lipinski definition) is 5. The number of piperidine rings is 1. The molecule has 4 rings (SSSR count). The Morgan fingerprint density at radius 2 is 1.96 bits per heavy atom. The van der Waals surface area contributed by atoms with E-state index in [1.807, 2.05) is 29.2 Å². The Bertz CT molecular complexity index is 813. The number of carbonyl (C=O) groups excluding carboxylic acids is 1. The van der Waals surface area contributed by atoms with E-state index in [4.69, 9.17) is 4.74 Å². The number of nitrogens with one attached hydrogen (secondary N) is 1. The fraction of sp³-hybridized carbons (Fsp3) is 0.450. The molecule has 0 spiro atoms. The van der Waals surface area contributed by atoms with Crippen molar-refractivity contribution < 1.29 is 9.53 Å². The molecule has 0 bridgehead atoms. The molecule has 2 aromatic rings. The molecule has 0 atom stereocenters. The Balaban J connectivity index is 0.00000225. The Morgan fingerprint density at radius 1 is 1.21 bits per heavy atom. The zero-order chi connectivity index (χ0) is 18.6. The number of amides is 1. The molecule has 7 nitrogen and oxygen atoms in total. The Hall–Kier alpha value is -2.38. The fourth-order valence-corrected chi connectivity index (χ4v) is 3.79. The SMILES string of the molecule is C=CCOc1ccc(C(=O)N2CCC(c3nnc4n3CCNC4)CC2)cc1.Cl. The van der Waals surface area contributed by atoms with Crippen molar-refractivity contribution in [2.24, 2.45) is 0 Å². The molecule has 28 heavy (non-hydrogen) atoms. The van der Waals surface area contributed by atoms with Gasteiger partial charge in [0.15, 0.2) is 0 Å². The molecule has 3 heterocycles. The van der Waals surface area contributed by atoms with Gasteiger partial charge in [-0.2, -0.15) is 0 Å². The van der Waals surface area contributed by atoms with Crippen LogP contribution in [-0.2, 0) is 13.1 Å². The van der Waals surface area contributed by atoms with Gasteiger partial charge in [0.1, 0.15) is 24.0 Å². The summed E-state index contributed by atoms with van der Waals surface area (Å²) in [6, 6.07) is 7.32. The van der Waals surface area contributed by atoms with E-state index in [9.17, 15) is 4.79 Å². The number of halogens is 1. The average Bonchev–Trinajstić information content (AvgIpc) is 3.16. The highest BCUT2D eigenvalue weighted by atomic mass is 35.5. The normalized spacial score (nSPS) is 16.8. The molecule has 150 valence electrons. The summed E-state index contributed by atoms with van der Waals surface area (Å²) in [7, 11) is 0. The Kier molecular flexibility index (Phi) is 6.70. The van der Waals surface area contributed by atoms with Crippen LogP contribution >= 0.6 is 12.4 Å². The molecule has 8 heteroatoms. The molecular formula is C20H26ClN5O2. The van der Waals surface area contributed by atoms with Gasteiger partial charge in [-0.1, -0.05) is 12.7 Å². The quantitative estimate of drug-likeness (QED) is 0.776. The molecule has 0 radical (unpaired) electrons. The van der Waals surface area contributed by atoms with Crippen molar-refractivity contribution in [3.63, 3.8) is 0 Å². The first kappa shape index (κ1) is 20.4. The number of rotatable bonds is 5. The van der Waals surface area contributed by atoms with Gasteiger partial charge in [0.05, 0.1) is 6.54 Å². The zero-order valence-corrected chi connectivity index (χ0v) is 16.7. The first-order valence-corrected chi connectivity index (χ1v) is 9.52. The summed E-state index contributed by atoms with van der Waals surface area (Å²) in [5.74, 6) is 3.31. The maximum atomic E-state index is 12.8. The van der Waals surface area contributed by atoms with Gasteiger partial charge in [-0.3, -0.25) is 4.79 Å². The Labute approximate surface area is 171 Å². The minimum atomic E-state index is 0. The maximum absolute atomic E-state index is 12.8. The Morgan fingerprint density at radius 3 is 2.68 bits per heavy atom. The van der Waals surface area contributed by atoms with Crippen LogP contribution in [0.2, 0.25) is 0 Å². The topological polar surface area (TPSA) is 72.3 Å². The predicted octanol–water partition coefficient (Wildman–Crippen LogP) is 2.39. The number of nitrogens with zero attached hydrogens (tertiary/aromatic N) is 4. The van der Waals surface area contributed by atoms with Gasteiger partial charge < -0.3 is 19.5 Å². The van der Waals surface area contributed by atoms with E-state index in [1.54, 1.807) is 6.08 Å². The monoisotopic (exact) mass is 403 g/mol. The third-order valence-corrected chi connectivity index (χ3v) is 5.27. The van der Waals surface area contributed by atoms with E-state index in [-0.39, 0.29) is 18.3 Å². The molecule has 1 N–H and O–H groups in total. The number of ether oxygens (including phenoxy) is 1. The van der Waals surface area contributed by atoms with Crippen LogP contribution < -0.4 is 10.1 Å². The minimum Gasteiger partial charge on any atom is -0.490 e. The standard InChI is InChI=1S/C20H25N5O2.ClH/c1-2-13-27-17-5-3-16(4-6-17)20(26)24-10-7-15(8-11-24)19-23-22-18-14-21-9-12-25(18)19;/h2-6,15,21H,1,7-14H2;1H. The third-order valence-electron chi connectivity index (χ3n) is 5.27. The first-order valence-electron chi connectivity index (χ1n) is 9.52. The third kappa shape index (κ3) is 4.20. The van der Waals surface area contributed by atoms with Crippen LogP contribution in [0.25, 0.3) is 0 Å². The first-order chi connectivity index (χ1) is 13.3. The van der Waals surface area contributed by atoms with Gasteiger partial charge in [-0.15, -0.1) is 22.6 Å². The van der Waals surface area contributed by atoms with Crippen molar-refractivity contribution in [2.75, 3.05) is 26.2 Å². The summed E-state index contributed by atoms with van der Waals surface area (Å²) >= 11 is 0. The molecular weight excluding hydrogens is 378 g/mol. The van der Waals surface area contributed by atoms with E-state index in [0.29, 0.717) is 18.1 Å².